The number of hydrogen-bond acceptors (Lipinski definition) is 4. The molecular weight excluding hydrogens is 198 g/mol. The molecule has 0 saturated carbocycles. The van der Waals surface area contributed by atoms with Crippen LogP contribution in [0.1, 0.15) is 25.1 Å². The summed E-state index contributed by atoms with van der Waals surface area (Å²) in [6.45, 7) is 1.24. The van der Waals surface area contributed by atoms with Crippen LogP contribution in [0.3, 0.4) is 0 Å². The SMILES string of the molecule is OCCSc1nnc2n1CCCCC2. The van der Waals surface area contributed by atoms with Gasteiger partial charge < -0.3 is 9.67 Å². The lowest BCUT2D eigenvalue weighted by atomic mass is 10.2. The molecule has 1 N–H and O–H groups in total. The minimum atomic E-state index is 0.201. The van der Waals surface area contributed by atoms with Gasteiger partial charge in [-0.3, -0.25) is 0 Å². The Morgan fingerprint density at radius 3 is 3.07 bits per heavy atom. The van der Waals surface area contributed by atoms with E-state index in [0.29, 0.717) is 5.75 Å². The predicted molar refractivity (Wildman–Crippen MR) is 55.4 cm³/mol. The topological polar surface area (TPSA) is 50.9 Å². The summed E-state index contributed by atoms with van der Waals surface area (Å²) < 4.78 is 2.20. The van der Waals surface area contributed by atoms with Crippen molar-refractivity contribution in [1.82, 2.24) is 14.8 Å². The molecule has 14 heavy (non-hydrogen) atoms. The second kappa shape index (κ2) is 4.79. The van der Waals surface area contributed by atoms with Gasteiger partial charge in [-0.25, -0.2) is 0 Å². The lowest BCUT2D eigenvalue weighted by molar-refractivity contribution is 0.322. The van der Waals surface area contributed by atoms with Crippen molar-refractivity contribution in [1.29, 1.82) is 0 Å². The minimum Gasteiger partial charge on any atom is -0.396 e. The summed E-state index contributed by atoms with van der Waals surface area (Å²) in [5, 5.41) is 18.0. The molecule has 5 heteroatoms. The zero-order valence-corrected chi connectivity index (χ0v) is 8.96. The van der Waals surface area contributed by atoms with Crippen molar-refractivity contribution in [3.63, 3.8) is 0 Å². The summed E-state index contributed by atoms with van der Waals surface area (Å²) in [6.07, 6.45) is 4.78. The van der Waals surface area contributed by atoms with E-state index in [1.165, 1.54) is 19.3 Å². The van der Waals surface area contributed by atoms with E-state index in [2.05, 4.69) is 14.8 Å². The Hall–Kier alpha value is -0.550. The molecule has 1 aromatic rings. The van der Waals surface area contributed by atoms with Gasteiger partial charge in [0.15, 0.2) is 5.16 Å². The maximum absolute atomic E-state index is 8.75. The highest BCUT2D eigenvalue weighted by atomic mass is 32.2. The van der Waals surface area contributed by atoms with Gasteiger partial charge in [-0.05, 0) is 12.8 Å². The highest BCUT2D eigenvalue weighted by Crippen LogP contribution is 2.21. The van der Waals surface area contributed by atoms with E-state index < -0.39 is 0 Å². The summed E-state index contributed by atoms with van der Waals surface area (Å²) in [4.78, 5) is 0. The van der Waals surface area contributed by atoms with Gasteiger partial charge in [-0.15, -0.1) is 10.2 Å². The Morgan fingerprint density at radius 2 is 2.21 bits per heavy atom. The second-order valence-electron chi connectivity index (χ2n) is 3.43. The van der Waals surface area contributed by atoms with E-state index in [1.54, 1.807) is 11.8 Å². The Bertz CT molecular complexity index is 300. The fourth-order valence-electron chi connectivity index (χ4n) is 1.70. The lowest BCUT2D eigenvalue weighted by Gasteiger charge is -2.04. The molecule has 0 aliphatic carbocycles. The fraction of sp³-hybridized carbons (Fsp3) is 0.778. The maximum Gasteiger partial charge on any atom is 0.191 e. The molecule has 0 aromatic carbocycles. The van der Waals surface area contributed by atoms with E-state index >= 15 is 0 Å². The number of aliphatic hydroxyl groups is 1. The first-order valence-electron chi connectivity index (χ1n) is 5.07. The van der Waals surface area contributed by atoms with Crippen LogP contribution >= 0.6 is 11.8 Å². The van der Waals surface area contributed by atoms with Crippen molar-refractivity contribution in [3.8, 4) is 0 Å². The fourth-order valence-corrected chi connectivity index (χ4v) is 2.43. The smallest absolute Gasteiger partial charge is 0.191 e. The monoisotopic (exact) mass is 213 g/mol. The van der Waals surface area contributed by atoms with Crippen LogP contribution in [-0.2, 0) is 13.0 Å². The summed E-state index contributed by atoms with van der Waals surface area (Å²) in [6, 6.07) is 0. The van der Waals surface area contributed by atoms with Crippen LogP contribution in [0.4, 0.5) is 0 Å². The van der Waals surface area contributed by atoms with Crippen LogP contribution in [0.2, 0.25) is 0 Å². The first kappa shape index (κ1) is 9.98. The molecule has 0 bridgehead atoms. The minimum absolute atomic E-state index is 0.201. The molecule has 2 rings (SSSR count). The summed E-state index contributed by atoms with van der Waals surface area (Å²) in [7, 11) is 0. The molecule has 78 valence electrons. The first-order valence-corrected chi connectivity index (χ1v) is 6.06. The van der Waals surface area contributed by atoms with Crippen molar-refractivity contribution in [2.75, 3.05) is 12.4 Å². The predicted octanol–water partition coefficient (Wildman–Crippen LogP) is 1.09. The standard InChI is InChI=1S/C9H15N3OS/c13-6-7-14-9-11-10-8-4-2-1-3-5-12(8)9/h13H,1-7H2. The third kappa shape index (κ3) is 2.09. The van der Waals surface area contributed by atoms with Gasteiger partial charge in [-0.1, -0.05) is 18.2 Å². The zero-order chi connectivity index (χ0) is 9.80. The van der Waals surface area contributed by atoms with Crippen molar-refractivity contribution in [2.24, 2.45) is 0 Å². The molecule has 0 fully saturated rings. The molecule has 1 aromatic heterocycles. The van der Waals surface area contributed by atoms with Crippen LogP contribution in [0, 0.1) is 0 Å². The van der Waals surface area contributed by atoms with Crippen molar-refractivity contribution >= 4 is 11.8 Å². The number of thioether (sulfide) groups is 1. The van der Waals surface area contributed by atoms with Crippen LogP contribution in [0.5, 0.6) is 0 Å². The molecule has 0 atom stereocenters. The number of aliphatic hydroxyl groups excluding tert-OH is 1. The Balaban J connectivity index is 2.12. The van der Waals surface area contributed by atoms with Gasteiger partial charge in [0, 0.05) is 18.7 Å². The molecule has 0 unspecified atom stereocenters. The van der Waals surface area contributed by atoms with Crippen molar-refractivity contribution < 1.29 is 5.11 Å². The Kier molecular flexibility index (Phi) is 3.42. The summed E-state index contributed by atoms with van der Waals surface area (Å²) in [5.41, 5.74) is 0. The van der Waals surface area contributed by atoms with Crippen LogP contribution in [0.25, 0.3) is 0 Å². The lowest BCUT2D eigenvalue weighted by Crippen LogP contribution is -2.02. The molecule has 0 amide bonds. The number of fused-ring (bicyclic) bond motifs is 1. The first-order chi connectivity index (χ1) is 6.92. The number of nitrogens with zero attached hydrogens (tertiary/aromatic N) is 3. The third-order valence-corrected chi connectivity index (χ3v) is 3.34. The molecule has 0 spiro atoms. The van der Waals surface area contributed by atoms with Crippen LogP contribution < -0.4 is 0 Å². The van der Waals surface area contributed by atoms with Crippen molar-refractivity contribution in [2.45, 2.75) is 37.4 Å². The average molecular weight is 213 g/mol. The summed E-state index contributed by atoms with van der Waals surface area (Å²) >= 11 is 1.59. The third-order valence-electron chi connectivity index (χ3n) is 2.40. The molecule has 4 nitrogen and oxygen atoms in total. The quantitative estimate of drug-likeness (QED) is 0.764. The van der Waals surface area contributed by atoms with Gasteiger partial charge in [0.05, 0.1) is 6.61 Å². The molecule has 0 radical (unpaired) electrons. The number of rotatable bonds is 3. The summed E-state index contributed by atoms with van der Waals surface area (Å²) in [5.74, 6) is 1.82. The Morgan fingerprint density at radius 1 is 1.29 bits per heavy atom. The van der Waals surface area contributed by atoms with Crippen molar-refractivity contribution in [3.05, 3.63) is 5.82 Å². The van der Waals surface area contributed by atoms with E-state index in [0.717, 1.165) is 23.9 Å². The highest BCUT2D eigenvalue weighted by Gasteiger charge is 2.14. The average Bonchev–Trinajstić information content (AvgIpc) is 2.45. The largest absolute Gasteiger partial charge is 0.396 e. The molecule has 0 saturated heterocycles. The van der Waals surface area contributed by atoms with Gasteiger partial charge in [0.2, 0.25) is 0 Å². The van der Waals surface area contributed by atoms with Gasteiger partial charge in [-0.2, -0.15) is 0 Å². The number of hydrogen-bond donors (Lipinski definition) is 1. The number of aromatic nitrogens is 3. The second-order valence-corrected chi connectivity index (χ2v) is 4.50. The van der Waals surface area contributed by atoms with Crippen LogP contribution in [-0.4, -0.2) is 32.2 Å². The van der Waals surface area contributed by atoms with E-state index in [4.69, 9.17) is 5.11 Å². The van der Waals surface area contributed by atoms with E-state index in [9.17, 15) is 0 Å². The van der Waals surface area contributed by atoms with E-state index in [1.807, 2.05) is 0 Å². The van der Waals surface area contributed by atoms with E-state index in [-0.39, 0.29) is 6.61 Å². The Labute approximate surface area is 87.7 Å². The van der Waals surface area contributed by atoms with Gasteiger partial charge in [0.25, 0.3) is 0 Å². The van der Waals surface area contributed by atoms with Gasteiger partial charge in [0.1, 0.15) is 5.82 Å². The number of aryl methyl sites for hydroxylation is 1. The normalized spacial score (nSPS) is 16.4. The molecule has 1 aliphatic heterocycles. The van der Waals surface area contributed by atoms with Crippen LogP contribution in [0.15, 0.2) is 5.16 Å². The molecular formula is C9H15N3OS. The molecule has 1 aliphatic rings. The zero-order valence-electron chi connectivity index (χ0n) is 8.15. The highest BCUT2D eigenvalue weighted by molar-refractivity contribution is 7.99. The maximum atomic E-state index is 8.75. The van der Waals surface area contributed by atoms with Gasteiger partial charge >= 0.3 is 0 Å². The molecule has 2 heterocycles.